The number of hydrogen-bond donors (Lipinski definition) is 1. The van der Waals surface area contributed by atoms with Crippen molar-refractivity contribution in [1.29, 1.82) is 0 Å². The predicted molar refractivity (Wildman–Crippen MR) is 116 cm³/mol. The number of aromatic nitrogens is 2. The van der Waals surface area contributed by atoms with E-state index >= 15 is 0 Å². The summed E-state index contributed by atoms with van der Waals surface area (Å²) < 4.78 is 11.7. The molecule has 0 fully saturated rings. The molecule has 7 nitrogen and oxygen atoms in total. The third-order valence-electron chi connectivity index (χ3n) is 4.45. The van der Waals surface area contributed by atoms with E-state index in [1.165, 1.54) is 13.2 Å². The number of nitrogens with one attached hydrogen (secondary N) is 1. The molecule has 30 heavy (non-hydrogen) atoms. The van der Waals surface area contributed by atoms with Crippen molar-refractivity contribution in [3.8, 4) is 22.8 Å². The summed E-state index contributed by atoms with van der Waals surface area (Å²) in [6.45, 7) is 4.10. The Morgan fingerprint density at radius 3 is 2.53 bits per heavy atom. The number of hydrogen-bond acceptors (Lipinski definition) is 5. The van der Waals surface area contributed by atoms with E-state index in [-0.39, 0.29) is 5.56 Å². The van der Waals surface area contributed by atoms with E-state index in [1.54, 1.807) is 31.2 Å². The predicted octanol–water partition coefficient (Wildman–Crippen LogP) is 4.17. The molecule has 0 radical (unpaired) electrons. The maximum absolute atomic E-state index is 12.7. The highest BCUT2D eigenvalue weighted by Gasteiger charge is 2.19. The van der Waals surface area contributed by atoms with Gasteiger partial charge in [0.15, 0.2) is 0 Å². The van der Waals surface area contributed by atoms with Crippen molar-refractivity contribution in [1.82, 2.24) is 9.78 Å². The molecule has 1 atom stereocenters. The van der Waals surface area contributed by atoms with Crippen LogP contribution in [0.4, 0.5) is 5.69 Å². The van der Waals surface area contributed by atoms with Crippen molar-refractivity contribution in [3.63, 3.8) is 0 Å². The number of carbonyl (C=O) groups is 1. The fraction of sp³-hybridized carbons (Fsp3) is 0.227. The Labute approximate surface area is 179 Å². The van der Waals surface area contributed by atoms with Crippen molar-refractivity contribution in [2.24, 2.45) is 0 Å². The molecule has 2 aromatic carbocycles. The second-order valence-electron chi connectivity index (χ2n) is 6.47. The lowest BCUT2D eigenvalue weighted by atomic mass is 10.1. The number of benzene rings is 2. The van der Waals surface area contributed by atoms with Crippen molar-refractivity contribution in [2.45, 2.75) is 19.9 Å². The summed E-state index contributed by atoms with van der Waals surface area (Å²) >= 11 is 6.10. The molecule has 8 heteroatoms. The van der Waals surface area contributed by atoms with Gasteiger partial charge < -0.3 is 14.8 Å². The second kappa shape index (κ2) is 9.45. The zero-order valence-corrected chi connectivity index (χ0v) is 17.6. The third-order valence-corrected chi connectivity index (χ3v) is 4.75. The van der Waals surface area contributed by atoms with Gasteiger partial charge in [-0.25, -0.2) is 4.68 Å². The Morgan fingerprint density at radius 1 is 1.17 bits per heavy atom. The van der Waals surface area contributed by atoms with Gasteiger partial charge in [-0.1, -0.05) is 11.6 Å². The van der Waals surface area contributed by atoms with E-state index in [0.717, 1.165) is 16.0 Å². The number of carbonyl (C=O) groups excluding carboxylic acids is 1. The molecule has 3 rings (SSSR count). The Bertz CT molecular complexity index is 1100. The minimum absolute atomic E-state index is 0.371. The molecular weight excluding hydrogens is 406 g/mol. The van der Waals surface area contributed by atoms with Crippen LogP contribution in [0.25, 0.3) is 11.3 Å². The van der Waals surface area contributed by atoms with Gasteiger partial charge in [-0.15, -0.1) is 0 Å². The van der Waals surface area contributed by atoms with Crippen LogP contribution >= 0.6 is 11.6 Å². The van der Waals surface area contributed by atoms with Crippen LogP contribution in [0.15, 0.2) is 59.4 Å². The van der Waals surface area contributed by atoms with E-state index in [9.17, 15) is 9.59 Å². The van der Waals surface area contributed by atoms with Crippen LogP contribution in [-0.2, 0) is 4.79 Å². The van der Waals surface area contributed by atoms with Gasteiger partial charge in [0.05, 0.1) is 24.4 Å². The average molecular weight is 428 g/mol. The molecule has 1 amide bonds. The molecule has 1 unspecified atom stereocenters. The van der Waals surface area contributed by atoms with Gasteiger partial charge in [0, 0.05) is 17.3 Å². The number of nitrogens with zero attached hydrogens (tertiary/aromatic N) is 2. The van der Waals surface area contributed by atoms with E-state index in [4.69, 9.17) is 21.1 Å². The maximum Gasteiger partial charge on any atom is 0.267 e. The number of amides is 1. The minimum atomic E-state index is -0.832. The number of ether oxygens (including phenoxy) is 2. The summed E-state index contributed by atoms with van der Waals surface area (Å²) in [5.74, 6) is 0.860. The molecule has 156 valence electrons. The van der Waals surface area contributed by atoms with Crippen molar-refractivity contribution in [2.75, 3.05) is 19.0 Å². The van der Waals surface area contributed by atoms with Gasteiger partial charge in [0.25, 0.3) is 5.56 Å². The Kier molecular flexibility index (Phi) is 6.74. The SMILES string of the molecule is CCOc1ccc(-c2ccc(=O)n(C(C)C(=O)Nc3ccc(OC)c(Cl)c3)n2)cc1. The van der Waals surface area contributed by atoms with Crippen molar-refractivity contribution >= 4 is 23.2 Å². The Morgan fingerprint density at radius 2 is 1.90 bits per heavy atom. The smallest absolute Gasteiger partial charge is 0.267 e. The summed E-state index contributed by atoms with van der Waals surface area (Å²) in [7, 11) is 1.51. The maximum atomic E-state index is 12.7. The topological polar surface area (TPSA) is 82.5 Å². The average Bonchev–Trinajstić information content (AvgIpc) is 2.74. The molecule has 1 heterocycles. The standard InChI is InChI=1S/C22H22ClN3O4/c1-4-30-17-8-5-15(6-9-17)19-10-12-21(27)26(25-19)14(2)22(28)24-16-7-11-20(29-3)18(23)13-16/h5-14H,4H2,1-3H3,(H,24,28). The monoisotopic (exact) mass is 427 g/mol. The molecule has 1 aromatic heterocycles. The summed E-state index contributed by atoms with van der Waals surface area (Å²) in [6.07, 6.45) is 0. The Balaban J connectivity index is 1.82. The van der Waals surface area contributed by atoms with Gasteiger partial charge in [-0.05, 0) is 62.4 Å². The molecule has 0 bridgehead atoms. The molecule has 0 aliphatic rings. The lowest BCUT2D eigenvalue weighted by molar-refractivity contribution is -0.119. The van der Waals surface area contributed by atoms with Crippen LogP contribution in [-0.4, -0.2) is 29.4 Å². The van der Waals surface area contributed by atoms with E-state index < -0.39 is 11.9 Å². The fourth-order valence-electron chi connectivity index (χ4n) is 2.85. The largest absolute Gasteiger partial charge is 0.495 e. The normalized spacial score (nSPS) is 11.6. The first kappa shape index (κ1) is 21.4. The molecular formula is C22H22ClN3O4. The van der Waals surface area contributed by atoms with E-state index in [1.807, 2.05) is 31.2 Å². The van der Waals surface area contributed by atoms with Gasteiger partial charge in [0.2, 0.25) is 5.91 Å². The fourth-order valence-corrected chi connectivity index (χ4v) is 3.10. The van der Waals surface area contributed by atoms with Gasteiger partial charge in [-0.2, -0.15) is 5.10 Å². The van der Waals surface area contributed by atoms with E-state index in [2.05, 4.69) is 10.4 Å². The summed E-state index contributed by atoms with van der Waals surface area (Å²) in [6, 6.07) is 14.5. The first-order valence-corrected chi connectivity index (χ1v) is 9.78. The van der Waals surface area contributed by atoms with Crippen molar-refractivity contribution < 1.29 is 14.3 Å². The molecule has 1 N–H and O–H groups in total. The Hall–Kier alpha value is -3.32. The molecule has 3 aromatic rings. The van der Waals surface area contributed by atoms with Crippen LogP contribution in [0.2, 0.25) is 5.02 Å². The first-order valence-electron chi connectivity index (χ1n) is 9.40. The number of anilines is 1. The van der Waals surface area contributed by atoms with Crippen molar-refractivity contribution in [3.05, 3.63) is 70.0 Å². The zero-order chi connectivity index (χ0) is 21.7. The summed E-state index contributed by atoms with van der Waals surface area (Å²) in [5, 5.41) is 7.50. The summed E-state index contributed by atoms with van der Waals surface area (Å²) in [4.78, 5) is 25.0. The lowest BCUT2D eigenvalue weighted by Gasteiger charge is -2.15. The minimum Gasteiger partial charge on any atom is -0.495 e. The van der Waals surface area contributed by atoms with Crippen LogP contribution < -0.4 is 20.3 Å². The third kappa shape index (κ3) is 4.80. The number of halogens is 1. The molecule has 0 saturated carbocycles. The van der Waals surface area contributed by atoms with Crippen LogP contribution in [0.5, 0.6) is 11.5 Å². The van der Waals surface area contributed by atoms with Gasteiger partial charge in [0.1, 0.15) is 17.5 Å². The summed E-state index contributed by atoms with van der Waals surface area (Å²) in [5.41, 5.74) is 1.50. The molecule has 0 aliphatic carbocycles. The lowest BCUT2D eigenvalue weighted by Crippen LogP contribution is -2.33. The van der Waals surface area contributed by atoms with Crippen LogP contribution in [0.3, 0.4) is 0 Å². The van der Waals surface area contributed by atoms with E-state index in [0.29, 0.717) is 28.8 Å². The highest BCUT2D eigenvalue weighted by Crippen LogP contribution is 2.27. The highest BCUT2D eigenvalue weighted by atomic mass is 35.5. The molecule has 0 saturated heterocycles. The van der Waals surface area contributed by atoms with Crippen LogP contribution in [0.1, 0.15) is 19.9 Å². The number of methoxy groups -OCH3 is 1. The van der Waals surface area contributed by atoms with Gasteiger partial charge >= 0.3 is 0 Å². The second-order valence-corrected chi connectivity index (χ2v) is 6.88. The zero-order valence-electron chi connectivity index (χ0n) is 16.9. The first-order chi connectivity index (χ1) is 14.4. The highest BCUT2D eigenvalue weighted by molar-refractivity contribution is 6.32. The number of rotatable bonds is 7. The molecule has 0 aliphatic heterocycles. The van der Waals surface area contributed by atoms with Gasteiger partial charge in [-0.3, -0.25) is 9.59 Å². The quantitative estimate of drug-likeness (QED) is 0.611. The molecule has 0 spiro atoms. The van der Waals surface area contributed by atoms with Crippen LogP contribution in [0, 0.1) is 0 Å².